The lowest BCUT2D eigenvalue weighted by Crippen LogP contribution is -2.10. The molecule has 1 rings (SSSR count). The molecule has 64 valence electrons. The van der Waals surface area contributed by atoms with Crippen molar-refractivity contribution in [3.63, 3.8) is 0 Å². The zero-order chi connectivity index (χ0) is 9.14. The molecule has 3 N–H and O–H groups in total. The van der Waals surface area contributed by atoms with Crippen LogP contribution >= 0.6 is 12.2 Å². The maximum Gasteiger partial charge on any atom is 0.132 e. The Balaban J connectivity index is 3.20. The highest BCUT2D eigenvalue weighted by Crippen LogP contribution is 2.23. The Morgan fingerprint density at radius 3 is 2.75 bits per heavy atom. The van der Waals surface area contributed by atoms with Crippen molar-refractivity contribution in [2.75, 3.05) is 7.11 Å². The normalized spacial score (nSPS) is 9.42. The molecule has 0 unspecified atom stereocenters. The Labute approximate surface area is 75.8 Å². The zero-order valence-electron chi connectivity index (χ0n) is 6.57. The summed E-state index contributed by atoms with van der Waals surface area (Å²) in [5.74, 6) is 0.620. The summed E-state index contributed by atoms with van der Waals surface area (Å²) < 4.78 is 4.96. The third-order valence-electron chi connectivity index (χ3n) is 1.45. The second kappa shape index (κ2) is 3.40. The van der Waals surface area contributed by atoms with E-state index in [4.69, 9.17) is 27.8 Å². The SMILES string of the molecule is COc1cc(O)ccc1C(N)=S. The fraction of sp³-hybridized carbons (Fsp3) is 0.125. The van der Waals surface area contributed by atoms with Crippen molar-refractivity contribution in [3.8, 4) is 11.5 Å². The third-order valence-corrected chi connectivity index (χ3v) is 1.67. The van der Waals surface area contributed by atoms with Crippen LogP contribution in [0.15, 0.2) is 18.2 Å². The number of rotatable bonds is 2. The Morgan fingerprint density at radius 1 is 1.58 bits per heavy atom. The fourth-order valence-corrected chi connectivity index (χ4v) is 1.05. The third kappa shape index (κ3) is 1.65. The van der Waals surface area contributed by atoms with Crippen LogP contribution in [0.1, 0.15) is 5.56 Å². The van der Waals surface area contributed by atoms with Crippen LogP contribution in [-0.2, 0) is 0 Å². The van der Waals surface area contributed by atoms with Crippen LogP contribution in [0.2, 0.25) is 0 Å². The van der Waals surface area contributed by atoms with Crippen molar-refractivity contribution in [2.24, 2.45) is 5.73 Å². The summed E-state index contributed by atoms with van der Waals surface area (Å²) in [4.78, 5) is 0.256. The minimum Gasteiger partial charge on any atom is -0.508 e. The lowest BCUT2D eigenvalue weighted by molar-refractivity contribution is 0.407. The quantitative estimate of drug-likeness (QED) is 0.672. The van der Waals surface area contributed by atoms with Gasteiger partial charge in [0.25, 0.3) is 0 Å². The summed E-state index contributed by atoms with van der Waals surface area (Å²) in [5, 5.41) is 9.09. The predicted molar refractivity (Wildman–Crippen MR) is 50.5 cm³/mol. The number of hydrogen-bond donors (Lipinski definition) is 2. The molecule has 3 nitrogen and oxygen atoms in total. The van der Waals surface area contributed by atoms with E-state index in [0.717, 1.165) is 0 Å². The fourth-order valence-electron chi connectivity index (χ4n) is 0.883. The molecule has 0 fully saturated rings. The first-order valence-corrected chi connectivity index (χ1v) is 3.73. The number of phenols is 1. The van der Waals surface area contributed by atoms with Gasteiger partial charge in [0.2, 0.25) is 0 Å². The van der Waals surface area contributed by atoms with Crippen LogP contribution in [0.25, 0.3) is 0 Å². The van der Waals surface area contributed by atoms with Crippen molar-refractivity contribution < 1.29 is 9.84 Å². The van der Waals surface area contributed by atoms with Gasteiger partial charge in [0.15, 0.2) is 0 Å². The minimum atomic E-state index is 0.131. The van der Waals surface area contributed by atoms with E-state index in [0.29, 0.717) is 11.3 Å². The molecule has 0 aliphatic rings. The lowest BCUT2D eigenvalue weighted by Gasteiger charge is -2.06. The van der Waals surface area contributed by atoms with Crippen molar-refractivity contribution in [1.29, 1.82) is 0 Å². The largest absolute Gasteiger partial charge is 0.508 e. The number of aromatic hydroxyl groups is 1. The molecule has 0 bridgehead atoms. The van der Waals surface area contributed by atoms with E-state index < -0.39 is 0 Å². The number of nitrogens with two attached hydrogens (primary N) is 1. The van der Waals surface area contributed by atoms with Gasteiger partial charge in [-0.25, -0.2) is 0 Å². The van der Waals surface area contributed by atoms with Crippen LogP contribution in [0.4, 0.5) is 0 Å². The average Bonchev–Trinajstić information content (AvgIpc) is 2.03. The van der Waals surface area contributed by atoms with Gasteiger partial charge in [0, 0.05) is 6.07 Å². The smallest absolute Gasteiger partial charge is 0.132 e. The maximum absolute atomic E-state index is 9.09. The minimum absolute atomic E-state index is 0.131. The second-order valence-electron chi connectivity index (χ2n) is 2.25. The highest BCUT2D eigenvalue weighted by molar-refractivity contribution is 7.80. The molecule has 0 amide bonds. The molecular weight excluding hydrogens is 174 g/mol. The summed E-state index contributed by atoms with van der Waals surface area (Å²) in [6, 6.07) is 4.60. The maximum atomic E-state index is 9.09. The summed E-state index contributed by atoms with van der Waals surface area (Å²) in [5.41, 5.74) is 6.04. The van der Waals surface area contributed by atoms with Crippen molar-refractivity contribution in [1.82, 2.24) is 0 Å². The Bertz CT molecular complexity index is 312. The van der Waals surface area contributed by atoms with Gasteiger partial charge in [0.05, 0.1) is 12.7 Å². The van der Waals surface area contributed by atoms with Gasteiger partial charge in [-0.05, 0) is 12.1 Å². The van der Waals surface area contributed by atoms with Gasteiger partial charge in [0.1, 0.15) is 16.5 Å². The number of ether oxygens (including phenoxy) is 1. The number of methoxy groups -OCH3 is 1. The monoisotopic (exact) mass is 183 g/mol. The summed E-state index contributed by atoms with van der Waals surface area (Å²) >= 11 is 4.78. The van der Waals surface area contributed by atoms with Gasteiger partial charge in [-0.15, -0.1) is 0 Å². The molecule has 0 aliphatic heterocycles. The molecule has 4 heteroatoms. The van der Waals surface area contributed by atoms with Gasteiger partial charge >= 0.3 is 0 Å². The van der Waals surface area contributed by atoms with E-state index in [1.807, 2.05) is 0 Å². The topological polar surface area (TPSA) is 55.5 Å². The van der Waals surface area contributed by atoms with Crippen LogP contribution in [0.3, 0.4) is 0 Å². The van der Waals surface area contributed by atoms with E-state index in [-0.39, 0.29) is 10.7 Å². The molecule has 0 heterocycles. The van der Waals surface area contributed by atoms with E-state index in [1.165, 1.54) is 19.2 Å². The van der Waals surface area contributed by atoms with E-state index >= 15 is 0 Å². The number of thiocarbonyl (C=S) groups is 1. The van der Waals surface area contributed by atoms with E-state index in [1.54, 1.807) is 6.07 Å². The first kappa shape index (κ1) is 8.80. The van der Waals surface area contributed by atoms with Gasteiger partial charge in [-0.3, -0.25) is 0 Å². The molecule has 1 aromatic carbocycles. The molecule has 0 saturated carbocycles. The standard InChI is InChI=1S/C8H9NO2S/c1-11-7-4-5(10)2-3-6(7)8(9)12/h2-4,10H,1H3,(H2,9,12). The molecule has 0 atom stereocenters. The van der Waals surface area contributed by atoms with Crippen molar-refractivity contribution in [3.05, 3.63) is 23.8 Å². The summed E-state index contributed by atoms with van der Waals surface area (Å²) in [7, 11) is 1.50. The van der Waals surface area contributed by atoms with Gasteiger partial charge in [-0.2, -0.15) is 0 Å². The first-order valence-electron chi connectivity index (χ1n) is 3.32. The molecule has 0 aliphatic carbocycles. The molecule has 0 spiro atoms. The molecule has 12 heavy (non-hydrogen) atoms. The average molecular weight is 183 g/mol. The Morgan fingerprint density at radius 2 is 2.25 bits per heavy atom. The zero-order valence-corrected chi connectivity index (χ0v) is 7.39. The molecular formula is C8H9NO2S. The van der Waals surface area contributed by atoms with Crippen LogP contribution in [0, 0.1) is 0 Å². The van der Waals surface area contributed by atoms with Crippen molar-refractivity contribution >= 4 is 17.2 Å². The summed E-state index contributed by atoms with van der Waals surface area (Å²) in [6.45, 7) is 0. The van der Waals surface area contributed by atoms with Crippen LogP contribution < -0.4 is 10.5 Å². The van der Waals surface area contributed by atoms with Gasteiger partial charge < -0.3 is 15.6 Å². The predicted octanol–water partition coefficient (Wildman–Crippen LogP) is 1.03. The van der Waals surface area contributed by atoms with Crippen molar-refractivity contribution in [2.45, 2.75) is 0 Å². The van der Waals surface area contributed by atoms with Crippen LogP contribution in [-0.4, -0.2) is 17.2 Å². The molecule has 0 saturated heterocycles. The summed E-state index contributed by atoms with van der Waals surface area (Å²) in [6.07, 6.45) is 0. The number of benzene rings is 1. The number of phenolic OH excluding ortho intramolecular Hbond substituents is 1. The molecule has 0 radical (unpaired) electrons. The molecule has 1 aromatic rings. The Hall–Kier alpha value is -1.29. The van der Waals surface area contributed by atoms with E-state index in [9.17, 15) is 0 Å². The first-order chi connectivity index (χ1) is 5.65. The van der Waals surface area contributed by atoms with Gasteiger partial charge in [-0.1, -0.05) is 12.2 Å². The highest BCUT2D eigenvalue weighted by atomic mass is 32.1. The number of hydrogen-bond acceptors (Lipinski definition) is 3. The lowest BCUT2D eigenvalue weighted by atomic mass is 10.2. The second-order valence-corrected chi connectivity index (χ2v) is 2.69. The van der Waals surface area contributed by atoms with E-state index in [2.05, 4.69) is 0 Å². The van der Waals surface area contributed by atoms with Crippen LogP contribution in [0.5, 0.6) is 11.5 Å². The highest BCUT2D eigenvalue weighted by Gasteiger charge is 2.05. The molecule has 0 aromatic heterocycles. The Kier molecular flexibility index (Phi) is 2.50.